The molecule has 0 spiro atoms. The third kappa shape index (κ3) is 4.86. The summed E-state index contributed by atoms with van der Waals surface area (Å²) in [5, 5.41) is 6.75. The second-order valence-electron chi connectivity index (χ2n) is 7.12. The second-order valence-corrected chi connectivity index (χ2v) is 7.12. The van der Waals surface area contributed by atoms with Crippen molar-refractivity contribution in [3.63, 3.8) is 0 Å². The molecular formula is C22H28FN3O. The predicted octanol–water partition coefficient (Wildman–Crippen LogP) is 3.55. The van der Waals surface area contributed by atoms with Crippen LogP contribution in [-0.2, 0) is 16.7 Å². The van der Waals surface area contributed by atoms with Gasteiger partial charge >= 0.3 is 0 Å². The van der Waals surface area contributed by atoms with Gasteiger partial charge in [-0.05, 0) is 42.5 Å². The summed E-state index contributed by atoms with van der Waals surface area (Å²) in [4.78, 5) is 4.32. The molecule has 0 amide bonds. The lowest BCUT2D eigenvalue weighted by molar-refractivity contribution is 0.0514. The molecule has 1 fully saturated rings. The molecule has 144 valence electrons. The first-order chi connectivity index (χ1) is 13.1. The zero-order valence-corrected chi connectivity index (χ0v) is 16.1. The monoisotopic (exact) mass is 369 g/mol. The largest absolute Gasteiger partial charge is 0.381 e. The Kier molecular flexibility index (Phi) is 6.45. The first kappa shape index (κ1) is 19.4. The van der Waals surface area contributed by atoms with Gasteiger partial charge in [0.2, 0.25) is 0 Å². The van der Waals surface area contributed by atoms with Crippen molar-refractivity contribution in [2.75, 3.05) is 26.8 Å². The van der Waals surface area contributed by atoms with E-state index in [4.69, 9.17) is 4.74 Å². The highest BCUT2D eigenvalue weighted by Gasteiger charge is 2.34. The summed E-state index contributed by atoms with van der Waals surface area (Å²) >= 11 is 0. The van der Waals surface area contributed by atoms with Crippen molar-refractivity contribution in [2.24, 2.45) is 4.99 Å². The molecule has 0 aromatic heterocycles. The van der Waals surface area contributed by atoms with Gasteiger partial charge in [0, 0.05) is 38.8 Å². The van der Waals surface area contributed by atoms with Crippen LogP contribution < -0.4 is 10.6 Å². The summed E-state index contributed by atoms with van der Waals surface area (Å²) in [6.07, 6.45) is 1.95. The molecule has 3 rings (SSSR count). The van der Waals surface area contributed by atoms with Crippen molar-refractivity contribution in [1.82, 2.24) is 10.6 Å². The number of hydrogen-bond acceptors (Lipinski definition) is 2. The topological polar surface area (TPSA) is 45.7 Å². The van der Waals surface area contributed by atoms with Crippen LogP contribution in [0, 0.1) is 12.7 Å². The van der Waals surface area contributed by atoms with Crippen molar-refractivity contribution in [3.8, 4) is 0 Å². The molecule has 2 aromatic rings. The molecule has 1 heterocycles. The highest BCUT2D eigenvalue weighted by molar-refractivity contribution is 5.79. The van der Waals surface area contributed by atoms with Crippen molar-refractivity contribution in [3.05, 3.63) is 71.0 Å². The first-order valence-electron chi connectivity index (χ1n) is 9.46. The molecule has 27 heavy (non-hydrogen) atoms. The van der Waals surface area contributed by atoms with Crippen LogP contribution in [0.5, 0.6) is 0 Å². The number of nitrogens with zero attached hydrogens (tertiary/aromatic N) is 1. The third-order valence-electron chi connectivity index (χ3n) is 5.35. The summed E-state index contributed by atoms with van der Waals surface area (Å²) in [6, 6.07) is 15.9. The lowest BCUT2D eigenvalue weighted by Crippen LogP contribution is -2.47. The van der Waals surface area contributed by atoms with Gasteiger partial charge in [-0.2, -0.15) is 0 Å². The quantitative estimate of drug-likeness (QED) is 0.626. The van der Waals surface area contributed by atoms with Crippen LogP contribution in [0.2, 0.25) is 0 Å². The zero-order chi connectivity index (χ0) is 19.1. The molecule has 2 aromatic carbocycles. The summed E-state index contributed by atoms with van der Waals surface area (Å²) in [5.74, 6) is 0.542. The van der Waals surface area contributed by atoms with Gasteiger partial charge in [-0.15, -0.1) is 0 Å². The predicted molar refractivity (Wildman–Crippen MR) is 108 cm³/mol. The summed E-state index contributed by atoms with van der Waals surface area (Å²) in [6.45, 7) is 4.61. The van der Waals surface area contributed by atoms with Gasteiger partial charge in [0.05, 0.1) is 0 Å². The van der Waals surface area contributed by atoms with Gasteiger partial charge < -0.3 is 15.4 Å². The molecule has 0 saturated carbocycles. The van der Waals surface area contributed by atoms with Crippen LogP contribution in [-0.4, -0.2) is 32.8 Å². The fourth-order valence-corrected chi connectivity index (χ4v) is 3.53. The van der Waals surface area contributed by atoms with Crippen molar-refractivity contribution < 1.29 is 9.13 Å². The molecule has 0 atom stereocenters. The molecule has 1 saturated heterocycles. The number of ether oxygens (including phenoxy) is 1. The maximum atomic E-state index is 13.7. The Labute approximate surface area is 160 Å². The van der Waals surface area contributed by atoms with Gasteiger partial charge in [-0.25, -0.2) is 4.39 Å². The lowest BCUT2D eigenvalue weighted by Gasteiger charge is -2.38. The van der Waals surface area contributed by atoms with Gasteiger partial charge in [0.25, 0.3) is 0 Å². The van der Waals surface area contributed by atoms with E-state index in [2.05, 4.69) is 39.9 Å². The highest BCUT2D eigenvalue weighted by Crippen LogP contribution is 2.34. The van der Waals surface area contributed by atoms with Crippen molar-refractivity contribution in [2.45, 2.75) is 31.7 Å². The Morgan fingerprint density at radius 2 is 1.85 bits per heavy atom. The molecule has 5 heteroatoms. The fourth-order valence-electron chi connectivity index (χ4n) is 3.53. The van der Waals surface area contributed by atoms with E-state index in [1.165, 1.54) is 5.56 Å². The normalized spacial score (nSPS) is 16.8. The van der Waals surface area contributed by atoms with E-state index in [0.717, 1.165) is 44.1 Å². The first-order valence-corrected chi connectivity index (χ1v) is 9.46. The minimum absolute atomic E-state index is 0.0348. The average Bonchev–Trinajstić information content (AvgIpc) is 2.72. The van der Waals surface area contributed by atoms with E-state index in [-0.39, 0.29) is 11.2 Å². The van der Waals surface area contributed by atoms with Crippen LogP contribution in [0.4, 0.5) is 4.39 Å². The number of aliphatic imine (C=N–C) groups is 1. The number of halogens is 1. The molecular weight excluding hydrogens is 341 g/mol. The number of hydrogen-bond donors (Lipinski definition) is 2. The third-order valence-corrected chi connectivity index (χ3v) is 5.35. The molecule has 0 aliphatic carbocycles. The summed E-state index contributed by atoms with van der Waals surface area (Å²) in [7, 11) is 1.75. The molecule has 0 bridgehead atoms. The van der Waals surface area contributed by atoms with Crippen LogP contribution in [0.1, 0.15) is 29.5 Å². The molecule has 4 nitrogen and oxygen atoms in total. The van der Waals surface area contributed by atoms with Gasteiger partial charge in [-0.1, -0.05) is 42.5 Å². The van der Waals surface area contributed by atoms with Crippen LogP contribution in [0.15, 0.2) is 53.5 Å². The number of benzene rings is 2. The molecule has 1 aliphatic heterocycles. The Balaban J connectivity index is 1.63. The smallest absolute Gasteiger partial charge is 0.191 e. The minimum atomic E-state index is -0.178. The number of nitrogens with one attached hydrogen (secondary N) is 2. The van der Waals surface area contributed by atoms with Crippen LogP contribution in [0.3, 0.4) is 0 Å². The Hall–Kier alpha value is -2.40. The van der Waals surface area contributed by atoms with E-state index >= 15 is 0 Å². The number of guanidine groups is 1. The van der Waals surface area contributed by atoms with E-state index in [0.29, 0.717) is 12.1 Å². The molecule has 0 radical (unpaired) electrons. The lowest BCUT2D eigenvalue weighted by atomic mass is 9.74. The van der Waals surface area contributed by atoms with Crippen molar-refractivity contribution >= 4 is 5.96 Å². The van der Waals surface area contributed by atoms with Gasteiger partial charge in [0.15, 0.2) is 5.96 Å². The van der Waals surface area contributed by atoms with E-state index in [1.54, 1.807) is 26.1 Å². The molecule has 0 unspecified atom stereocenters. The maximum Gasteiger partial charge on any atom is 0.191 e. The van der Waals surface area contributed by atoms with E-state index in [9.17, 15) is 4.39 Å². The average molecular weight is 369 g/mol. The van der Waals surface area contributed by atoms with Gasteiger partial charge in [-0.3, -0.25) is 4.99 Å². The molecule has 1 aliphatic rings. The van der Waals surface area contributed by atoms with Crippen molar-refractivity contribution in [1.29, 1.82) is 0 Å². The Morgan fingerprint density at radius 3 is 2.52 bits per heavy atom. The summed E-state index contributed by atoms with van der Waals surface area (Å²) < 4.78 is 19.3. The van der Waals surface area contributed by atoms with Crippen LogP contribution in [0.25, 0.3) is 0 Å². The minimum Gasteiger partial charge on any atom is -0.381 e. The fraction of sp³-hybridized carbons (Fsp3) is 0.409. The van der Waals surface area contributed by atoms with E-state index < -0.39 is 0 Å². The zero-order valence-electron chi connectivity index (χ0n) is 16.1. The van der Waals surface area contributed by atoms with Crippen LogP contribution >= 0.6 is 0 Å². The second kappa shape index (κ2) is 9.00. The standard InChI is InChI=1S/C22H28FN3O/c1-17-8-9-18(14-20(17)23)15-25-21(24-2)26-16-22(10-12-27-13-11-22)19-6-4-3-5-7-19/h3-9,14H,10-13,15-16H2,1-2H3,(H2,24,25,26). The number of aryl methyl sites for hydroxylation is 1. The van der Waals surface area contributed by atoms with E-state index in [1.807, 2.05) is 12.1 Å². The Morgan fingerprint density at radius 1 is 1.11 bits per heavy atom. The molecule has 2 N–H and O–H groups in total. The highest BCUT2D eigenvalue weighted by atomic mass is 19.1. The summed E-state index contributed by atoms with van der Waals surface area (Å²) in [5.41, 5.74) is 2.92. The maximum absolute atomic E-state index is 13.7. The Bertz CT molecular complexity index is 770. The SMILES string of the molecule is CN=C(NCc1ccc(C)c(F)c1)NCC1(c2ccccc2)CCOCC1. The van der Waals surface area contributed by atoms with Gasteiger partial charge in [0.1, 0.15) is 5.82 Å². The number of rotatable bonds is 5.